The predicted octanol–water partition coefficient (Wildman–Crippen LogP) is 3.12. The van der Waals surface area contributed by atoms with Gasteiger partial charge in [0.1, 0.15) is 5.75 Å². The van der Waals surface area contributed by atoms with Gasteiger partial charge in [0.15, 0.2) is 6.79 Å². The fourth-order valence-electron chi connectivity index (χ4n) is 1.16. The van der Waals surface area contributed by atoms with Crippen LogP contribution in [0.15, 0.2) is 12.1 Å². The van der Waals surface area contributed by atoms with E-state index in [9.17, 15) is 0 Å². The third-order valence-corrected chi connectivity index (χ3v) is 2.21. The smallest absolute Gasteiger partial charge is 0.188 e. The van der Waals surface area contributed by atoms with Crippen LogP contribution in [-0.4, -0.2) is 21.0 Å². The standard InChI is InChI=1S/C10H12Cl2O3/c1-13-5-7-3-8(11)4-9(12)10(7)15-6-14-2/h3-4H,5-6H2,1-2H3. The Morgan fingerprint density at radius 3 is 2.47 bits per heavy atom. The number of rotatable bonds is 5. The molecular weight excluding hydrogens is 239 g/mol. The van der Waals surface area contributed by atoms with Gasteiger partial charge in [0.25, 0.3) is 0 Å². The first-order valence-electron chi connectivity index (χ1n) is 4.27. The highest BCUT2D eigenvalue weighted by atomic mass is 35.5. The van der Waals surface area contributed by atoms with Crippen LogP contribution in [0, 0.1) is 0 Å². The first-order chi connectivity index (χ1) is 7.19. The number of ether oxygens (including phenoxy) is 3. The summed E-state index contributed by atoms with van der Waals surface area (Å²) < 4.78 is 15.2. The van der Waals surface area contributed by atoms with Gasteiger partial charge in [-0.3, -0.25) is 0 Å². The second kappa shape index (κ2) is 6.18. The summed E-state index contributed by atoms with van der Waals surface area (Å²) in [5.41, 5.74) is 0.798. The van der Waals surface area contributed by atoms with Gasteiger partial charge in [0.2, 0.25) is 0 Å². The second-order valence-corrected chi connectivity index (χ2v) is 3.70. The minimum Gasteiger partial charge on any atom is -0.466 e. The van der Waals surface area contributed by atoms with Gasteiger partial charge >= 0.3 is 0 Å². The molecular formula is C10H12Cl2O3. The molecule has 0 fully saturated rings. The lowest BCUT2D eigenvalue weighted by Crippen LogP contribution is -2.03. The second-order valence-electron chi connectivity index (χ2n) is 2.86. The van der Waals surface area contributed by atoms with Gasteiger partial charge in [-0.05, 0) is 12.1 Å². The summed E-state index contributed by atoms with van der Waals surface area (Å²) in [7, 11) is 3.13. The molecule has 0 atom stereocenters. The average Bonchev–Trinajstić information content (AvgIpc) is 2.17. The molecule has 0 saturated heterocycles. The predicted molar refractivity (Wildman–Crippen MR) is 59.7 cm³/mol. The van der Waals surface area contributed by atoms with Crippen molar-refractivity contribution in [3.63, 3.8) is 0 Å². The normalized spacial score (nSPS) is 10.4. The molecule has 15 heavy (non-hydrogen) atoms. The van der Waals surface area contributed by atoms with E-state index in [1.54, 1.807) is 26.4 Å². The minimum atomic E-state index is 0.137. The van der Waals surface area contributed by atoms with Crippen LogP contribution < -0.4 is 4.74 Å². The first-order valence-corrected chi connectivity index (χ1v) is 5.03. The Morgan fingerprint density at radius 1 is 1.13 bits per heavy atom. The molecule has 0 N–H and O–H groups in total. The maximum Gasteiger partial charge on any atom is 0.188 e. The molecule has 0 saturated carbocycles. The molecule has 0 aliphatic rings. The van der Waals surface area contributed by atoms with Crippen LogP contribution in [-0.2, 0) is 16.1 Å². The van der Waals surface area contributed by atoms with Crippen molar-refractivity contribution in [1.82, 2.24) is 0 Å². The zero-order valence-electron chi connectivity index (χ0n) is 8.55. The van der Waals surface area contributed by atoms with Crippen LogP contribution in [0.25, 0.3) is 0 Å². The topological polar surface area (TPSA) is 27.7 Å². The van der Waals surface area contributed by atoms with Crippen molar-refractivity contribution in [3.8, 4) is 5.75 Å². The van der Waals surface area contributed by atoms with E-state index in [4.69, 9.17) is 37.4 Å². The summed E-state index contributed by atoms with van der Waals surface area (Å²) in [4.78, 5) is 0. The molecule has 0 amide bonds. The van der Waals surface area contributed by atoms with Crippen LogP contribution in [0.3, 0.4) is 0 Å². The van der Waals surface area contributed by atoms with Crippen LogP contribution in [0.2, 0.25) is 10.0 Å². The highest BCUT2D eigenvalue weighted by molar-refractivity contribution is 6.35. The van der Waals surface area contributed by atoms with Gasteiger partial charge in [-0.15, -0.1) is 0 Å². The molecule has 0 aromatic heterocycles. The molecule has 0 aliphatic heterocycles. The fraction of sp³-hybridized carbons (Fsp3) is 0.400. The van der Waals surface area contributed by atoms with E-state index in [1.165, 1.54) is 0 Å². The van der Waals surface area contributed by atoms with Crippen molar-refractivity contribution in [2.24, 2.45) is 0 Å². The molecule has 1 aromatic rings. The van der Waals surface area contributed by atoms with E-state index < -0.39 is 0 Å². The SMILES string of the molecule is COCOc1c(Cl)cc(Cl)cc1COC. The molecule has 1 rings (SSSR count). The van der Waals surface area contributed by atoms with Gasteiger partial charge in [-0.2, -0.15) is 0 Å². The number of methoxy groups -OCH3 is 2. The van der Waals surface area contributed by atoms with Crippen LogP contribution in [0.4, 0.5) is 0 Å². The average molecular weight is 251 g/mol. The summed E-state index contributed by atoms with van der Waals surface area (Å²) in [6.07, 6.45) is 0. The van der Waals surface area contributed by atoms with Crippen molar-refractivity contribution in [1.29, 1.82) is 0 Å². The molecule has 1 aromatic carbocycles. The van der Waals surface area contributed by atoms with Gasteiger partial charge in [0, 0.05) is 24.8 Å². The van der Waals surface area contributed by atoms with E-state index in [2.05, 4.69) is 0 Å². The molecule has 3 nitrogen and oxygen atoms in total. The lowest BCUT2D eigenvalue weighted by molar-refractivity contribution is 0.0489. The van der Waals surface area contributed by atoms with Gasteiger partial charge in [-0.1, -0.05) is 23.2 Å². The Balaban J connectivity index is 2.97. The Labute approximate surface area is 98.8 Å². The molecule has 0 radical (unpaired) electrons. The zero-order valence-corrected chi connectivity index (χ0v) is 10.1. The summed E-state index contributed by atoms with van der Waals surface area (Å²) in [5, 5.41) is 1.00. The summed E-state index contributed by atoms with van der Waals surface area (Å²) in [6, 6.07) is 3.37. The maximum atomic E-state index is 5.99. The van der Waals surface area contributed by atoms with E-state index in [1.807, 2.05) is 0 Å². The van der Waals surface area contributed by atoms with Crippen LogP contribution >= 0.6 is 23.2 Å². The van der Waals surface area contributed by atoms with Crippen LogP contribution in [0.5, 0.6) is 5.75 Å². The first kappa shape index (κ1) is 12.6. The van der Waals surface area contributed by atoms with E-state index >= 15 is 0 Å². The summed E-state index contributed by atoms with van der Waals surface area (Å²) >= 11 is 11.9. The van der Waals surface area contributed by atoms with Crippen molar-refractivity contribution in [2.45, 2.75) is 6.61 Å². The molecule has 5 heteroatoms. The minimum absolute atomic E-state index is 0.137. The number of hydrogen-bond donors (Lipinski definition) is 0. The van der Waals surface area contributed by atoms with E-state index in [0.29, 0.717) is 22.4 Å². The Hall–Kier alpha value is -0.480. The Morgan fingerprint density at radius 2 is 1.87 bits per heavy atom. The van der Waals surface area contributed by atoms with E-state index in [0.717, 1.165) is 5.56 Å². The number of benzene rings is 1. The van der Waals surface area contributed by atoms with Gasteiger partial charge in [0.05, 0.1) is 11.6 Å². The van der Waals surface area contributed by atoms with Crippen molar-refractivity contribution < 1.29 is 14.2 Å². The highest BCUT2D eigenvalue weighted by Gasteiger charge is 2.10. The zero-order chi connectivity index (χ0) is 11.3. The monoisotopic (exact) mass is 250 g/mol. The quantitative estimate of drug-likeness (QED) is 0.752. The lowest BCUT2D eigenvalue weighted by atomic mass is 10.2. The van der Waals surface area contributed by atoms with Gasteiger partial charge < -0.3 is 14.2 Å². The molecule has 0 unspecified atom stereocenters. The Kier molecular flexibility index (Phi) is 5.19. The van der Waals surface area contributed by atoms with Gasteiger partial charge in [-0.25, -0.2) is 0 Å². The third-order valence-electron chi connectivity index (χ3n) is 1.71. The maximum absolute atomic E-state index is 5.99. The number of hydrogen-bond acceptors (Lipinski definition) is 3. The summed E-state index contributed by atoms with van der Waals surface area (Å²) in [6.45, 7) is 0.525. The number of halogens is 2. The van der Waals surface area contributed by atoms with Crippen molar-refractivity contribution >= 4 is 23.2 Å². The molecule has 84 valence electrons. The molecule has 0 spiro atoms. The van der Waals surface area contributed by atoms with Crippen LogP contribution in [0.1, 0.15) is 5.56 Å². The third kappa shape index (κ3) is 3.54. The fourth-order valence-corrected chi connectivity index (χ4v) is 1.75. The lowest BCUT2D eigenvalue weighted by Gasteiger charge is -2.12. The highest BCUT2D eigenvalue weighted by Crippen LogP contribution is 2.32. The largest absolute Gasteiger partial charge is 0.466 e. The molecule has 0 bridgehead atoms. The Bertz CT molecular complexity index is 329. The summed E-state index contributed by atoms with van der Waals surface area (Å²) in [5.74, 6) is 0.546. The van der Waals surface area contributed by atoms with E-state index in [-0.39, 0.29) is 6.79 Å². The molecule has 0 aliphatic carbocycles. The molecule has 0 heterocycles. The van der Waals surface area contributed by atoms with Crippen molar-refractivity contribution in [3.05, 3.63) is 27.7 Å². The van der Waals surface area contributed by atoms with Crippen molar-refractivity contribution in [2.75, 3.05) is 21.0 Å².